The fourth-order valence-electron chi connectivity index (χ4n) is 2.79. The first-order valence-corrected chi connectivity index (χ1v) is 10.7. The Bertz CT molecular complexity index is 979. The molecule has 1 atom stereocenters. The van der Waals surface area contributed by atoms with Gasteiger partial charge >= 0.3 is 0 Å². The van der Waals surface area contributed by atoms with Gasteiger partial charge in [-0.25, -0.2) is 12.8 Å². The van der Waals surface area contributed by atoms with E-state index in [0.29, 0.717) is 31.1 Å². The average Bonchev–Trinajstić information content (AvgIpc) is 2.72. The number of fused-ring (bicyclic) bond motifs is 1. The highest BCUT2D eigenvalue weighted by atomic mass is 32.2. The van der Waals surface area contributed by atoms with Crippen molar-refractivity contribution in [2.24, 2.45) is 0 Å². The molecule has 1 heterocycles. The summed E-state index contributed by atoms with van der Waals surface area (Å²) < 4.78 is 51.9. The molecule has 1 unspecified atom stereocenters. The predicted molar refractivity (Wildman–Crippen MR) is 106 cm³/mol. The minimum absolute atomic E-state index is 0.0533. The summed E-state index contributed by atoms with van der Waals surface area (Å²) in [5.74, 6) is -0.183. The van der Waals surface area contributed by atoms with Crippen molar-refractivity contribution < 1.29 is 27.1 Å². The van der Waals surface area contributed by atoms with Crippen LogP contribution >= 0.6 is 0 Å². The largest absolute Gasteiger partial charge is 0.486 e. The van der Waals surface area contributed by atoms with Crippen molar-refractivity contribution in [1.29, 1.82) is 0 Å². The van der Waals surface area contributed by atoms with Gasteiger partial charge in [0.1, 0.15) is 25.6 Å². The summed E-state index contributed by atoms with van der Waals surface area (Å²) in [6.45, 7) is 4.00. The number of ether oxygens (including phenoxy) is 2. The molecule has 0 aliphatic carbocycles. The highest BCUT2D eigenvalue weighted by Crippen LogP contribution is 2.34. The monoisotopic (exact) mass is 422 g/mol. The Morgan fingerprint density at radius 2 is 1.79 bits per heavy atom. The first-order chi connectivity index (χ1) is 13.8. The number of nitrogens with zero attached hydrogens (tertiary/aromatic N) is 1. The van der Waals surface area contributed by atoms with Crippen LogP contribution in [0.2, 0.25) is 0 Å². The summed E-state index contributed by atoms with van der Waals surface area (Å²) in [6, 6.07) is 9.11. The number of sulfonamides is 1. The van der Waals surface area contributed by atoms with Crippen molar-refractivity contribution in [3.05, 3.63) is 48.3 Å². The van der Waals surface area contributed by atoms with Crippen LogP contribution < -0.4 is 19.1 Å². The number of hydrogen-bond donors (Lipinski definition) is 1. The number of amides is 1. The average molecular weight is 422 g/mol. The molecule has 156 valence electrons. The molecule has 0 spiro atoms. The number of halogens is 1. The number of hydrogen-bond acceptors (Lipinski definition) is 5. The minimum Gasteiger partial charge on any atom is -0.486 e. The van der Waals surface area contributed by atoms with E-state index in [4.69, 9.17) is 9.47 Å². The van der Waals surface area contributed by atoms with Gasteiger partial charge in [-0.05, 0) is 49.7 Å². The van der Waals surface area contributed by atoms with E-state index in [1.165, 1.54) is 30.3 Å². The third kappa shape index (κ3) is 4.79. The van der Waals surface area contributed by atoms with Gasteiger partial charge in [-0.15, -0.1) is 0 Å². The fraction of sp³-hybridized carbons (Fsp3) is 0.350. The van der Waals surface area contributed by atoms with Gasteiger partial charge in [0.2, 0.25) is 5.91 Å². The van der Waals surface area contributed by atoms with E-state index in [1.54, 1.807) is 0 Å². The molecule has 1 aliphatic rings. The van der Waals surface area contributed by atoms with Crippen LogP contribution in [0.15, 0.2) is 47.4 Å². The van der Waals surface area contributed by atoms with Crippen LogP contribution in [0.25, 0.3) is 0 Å². The van der Waals surface area contributed by atoms with E-state index in [2.05, 4.69) is 5.32 Å². The third-order valence-corrected chi connectivity index (χ3v) is 6.29. The number of rotatable bonds is 7. The standard InChI is InChI=1S/C20H23FN2O5S/c1-3-14(2)22-20(24)13-23(16-6-4-15(21)5-7-16)29(25,26)17-8-9-18-19(12-17)28-11-10-27-18/h4-9,12,14H,3,10-11,13H2,1-2H3,(H,22,24). The summed E-state index contributed by atoms with van der Waals surface area (Å²) in [6.07, 6.45) is 0.706. The molecule has 1 amide bonds. The molecule has 0 fully saturated rings. The molecule has 0 saturated heterocycles. The lowest BCUT2D eigenvalue weighted by Gasteiger charge is -2.26. The molecule has 7 nitrogen and oxygen atoms in total. The Hall–Kier alpha value is -2.81. The smallest absolute Gasteiger partial charge is 0.264 e. The van der Waals surface area contributed by atoms with Crippen LogP contribution in [0, 0.1) is 5.82 Å². The number of carbonyl (C=O) groups is 1. The van der Waals surface area contributed by atoms with Crippen molar-refractivity contribution in [2.45, 2.75) is 31.2 Å². The lowest BCUT2D eigenvalue weighted by Crippen LogP contribution is -2.43. The Morgan fingerprint density at radius 1 is 1.14 bits per heavy atom. The summed E-state index contributed by atoms with van der Waals surface area (Å²) in [5, 5.41) is 2.75. The molecule has 0 bridgehead atoms. The van der Waals surface area contributed by atoms with Gasteiger partial charge in [0.05, 0.1) is 10.6 Å². The van der Waals surface area contributed by atoms with Crippen molar-refractivity contribution in [3.8, 4) is 11.5 Å². The highest BCUT2D eigenvalue weighted by Gasteiger charge is 2.29. The number of anilines is 1. The van der Waals surface area contributed by atoms with Crippen LogP contribution in [-0.4, -0.2) is 40.1 Å². The van der Waals surface area contributed by atoms with E-state index in [0.717, 1.165) is 16.4 Å². The van der Waals surface area contributed by atoms with Crippen molar-refractivity contribution in [1.82, 2.24) is 5.32 Å². The zero-order valence-corrected chi connectivity index (χ0v) is 17.0. The summed E-state index contributed by atoms with van der Waals surface area (Å²) in [4.78, 5) is 12.4. The van der Waals surface area contributed by atoms with E-state index >= 15 is 0 Å². The fourth-order valence-corrected chi connectivity index (χ4v) is 4.22. The molecule has 1 aliphatic heterocycles. The third-order valence-electron chi connectivity index (χ3n) is 4.52. The predicted octanol–water partition coefficient (Wildman–Crippen LogP) is 2.71. The zero-order valence-electron chi connectivity index (χ0n) is 16.2. The van der Waals surface area contributed by atoms with E-state index in [9.17, 15) is 17.6 Å². The van der Waals surface area contributed by atoms with E-state index in [1.807, 2.05) is 13.8 Å². The van der Waals surface area contributed by atoms with Crippen LogP contribution in [0.1, 0.15) is 20.3 Å². The van der Waals surface area contributed by atoms with Gasteiger partial charge in [-0.2, -0.15) is 0 Å². The maximum Gasteiger partial charge on any atom is 0.264 e. The first-order valence-electron chi connectivity index (χ1n) is 9.28. The van der Waals surface area contributed by atoms with Crippen molar-refractivity contribution in [2.75, 3.05) is 24.1 Å². The normalized spacial score (nSPS) is 14.2. The first kappa shape index (κ1) is 20.9. The molecular weight excluding hydrogens is 399 g/mol. The van der Waals surface area contributed by atoms with Gasteiger partial charge in [0.25, 0.3) is 10.0 Å². The minimum atomic E-state index is -4.12. The molecule has 29 heavy (non-hydrogen) atoms. The lowest BCUT2D eigenvalue weighted by atomic mass is 10.2. The topological polar surface area (TPSA) is 84.9 Å². The van der Waals surface area contributed by atoms with Crippen molar-refractivity contribution in [3.63, 3.8) is 0 Å². The van der Waals surface area contributed by atoms with Crippen LogP contribution in [0.4, 0.5) is 10.1 Å². The number of carbonyl (C=O) groups excluding carboxylic acids is 1. The summed E-state index contributed by atoms with van der Waals surface area (Å²) >= 11 is 0. The van der Waals surface area contributed by atoms with Crippen LogP contribution in [0.3, 0.4) is 0 Å². The van der Waals surface area contributed by atoms with Gasteiger partial charge in [0, 0.05) is 12.1 Å². The second kappa shape index (κ2) is 8.69. The molecule has 9 heteroatoms. The van der Waals surface area contributed by atoms with Gasteiger partial charge in [-0.3, -0.25) is 9.10 Å². The molecular formula is C20H23FN2O5S. The Labute approximate surface area is 169 Å². The number of nitrogens with one attached hydrogen (secondary N) is 1. The lowest BCUT2D eigenvalue weighted by molar-refractivity contribution is -0.120. The van der Waals surface area contributed by atoms with Crippen molar-refractivity contribution >= 4 is 21.6 Å². The number of benzene rings is 2. The van der Waals surface area contributed by atoms with Gasteiger partial charge < -0.3 is 14.8 Å². The molecule has 1 N–H and O–H groups in total. The van der Waals surface area contributed by atoms with Crippen LogP contribution in [-0.2, 0) is 14.8 Å². The maximum absolute atomic E-state index is 13.4. The van der Waals surface area contributed by atoms with Gasteiger partial charge in [-0.1, -0.05) is 6.92 Å². The molecule has 2 aromatic carbocycles. The zero-order chi connectivity index (χ0) is 21.0. The summed E-state index contributed by atoms with van der Waals surface area (Å²) in [5.41, 5.74) is 0.181. The second-order valence-electron chi connectivity index (χ2n) is 6.67. The van der Waals surface area contributed by atoms with E-state index < -0.39 is 28.3 Å². The molecule has 3 rings (SSSR count). The highest BCUT2D eigenvalue weighted by molar-refractivity contribution is 7.92. The summed E-state index contributed by atoms with van der Waals surface area (Å²) in [7, 11) is -4.12. The van der Waals surface area contributed by atoms with Gasteiger partial charge in [0.15, 0.2) is 11.5 Å². The Balaban J connectivity index is 1.97. The second-order valence-corrected chi connectivity index (χ2v) is 8.53. The quantitative estimate of drug-likeness (QED) is 0.742. The SMILES string of the molecule is CCC(C)NC(=O)CN(c1ccc(F)cc1)S(=O)(=O)c1ccc2c(c1)OCCO2. The maximum atomic E-state index is 13.4. The molecule has 0 aromatic heterocycles. The Morgan fingerprint density at radius 3 is 2.45 bits per heavy atom. The molecule has 2 aromatic rings. The van der Waals surface area contributed by atoms with E-state index in [-0.39, 0.29) is 16.6 Å². The van der Waals surface area contributed by atoms with Crippen LogP contribution in [0.5, 0.6) is 11.5 Å². The Kier molecular flexibility index (Phi) is 6.26. The molecule has 0 saturated carbocycles. The molecule has 0 radical (unpaired) electrons.